The molecular formula is C61H61BrF4N6O8. The average molecular weight is 1160 g/mol. The van der Waals surface area contributed by atoms with Crippen molar-refractivity contribution in [3.63, 3.8) is 0 Å². The van der Waals surface area contributed by atoms with E-state index < -0.39 is 53.5 Å². The zero-order valence-corrected chi connectivity index (χ0v) is 45.1. The highest BCUT2D eigenvalue weighted by Gasteiger charge is 2.32. The van der Waals surface area contributed by atoms with Crippen LogP contribution in [0.2, 0.25) is 0 Å². The molecule has 418 valence electrons. The lowest BCUT2D eigenvalue weighted by atomic mass is 9.83. The van der Waals surface area contributed by atoms with Gasteiger partial charge in [0, 0.05) is 40.1 Å². The van der Waals surface area contributed by atoms with Crippen LogP contribution in [0, 0.1) is 5.82 Å². The highest BCUT2D eigenvalue weighted by molar-refractivity contribution is 9.10. The van der Waals surface area contributed by atoms with E-state index >= 15 is 0 Å². The summed E-state index contributed by atoms with van der Waals surface area (Å²) >= 11 is 3.42. The smallest absolute Gasteiger partial charge is 0.416 e. The Balaban J connectivity index is 0.000000232. The first-order valence-corrected chi connectivity index (χ1v) is 27.1. The number of rotatable bonds is 18. The zero-order valence-electron chi connectivity index (χ0n) is 43.5. The third kappa shape index (κ3) is 17.9. The fourth-order valence-corrected chi connectivity index (χ4v) is 9.92. The number of carboxylic acid groups (broad SMARTS) is 2. The molecule has 6 amide bonds. The van der Waals surface area contributed by atoms with Gasteiger partial charge in [0.2, 0.25) is 0 Å². The summed E-state index contributed by atoms with van der Waals surface area (Å²) in [6.07, 6.45) is 7.52. The second kappa shape index (κ2) is 28.5. The van der Waals surface area contributed by atoms with Gasteiger partial charge in [-0.05, 0) is 144 Å². The van der Waals surface area contributed by atoms with E-state index in [0.717, 1.165) is 47.3 Å². The van der Waals surface area contributed by atoms with Crippen molar-refractivity contribution in [3.8, 4) is 0 Å². The standard InChI is InChI=1S/C31H31F4N3O4.C30H30BrN3O4/c32-25-16-24(31(33,34)35)17-26(18-25)37-30(42)38-28(21-8-6-20(7-9-21)19-4-2-1-3-5-19)22-10-12-23(13-11-22)29(41)36-15-14-27(39)40;31-25-7-4-8-26(19-25)33-30(38)34-28(22-11-9-21(10-12-22)20-5-2-1-3-6-20)23-13-15-24(16-14-23)29(37)32-18-17-27(35)36/h6-13,16-19,28H,1-5,14-15H2,(H,36,41)(H,39,40)(H2,37,38,42);4-5,7-16,19,28H,1-3,6,17-18H2,(H,32,37)(H,35,36)(H2,33,34,38). The third-order valence-corrected chi connectivity index (χ3v) is 14.1. The summed E-state index contributed by atoms with van der Waals surface area (Å²) in [5.41, 5.74) is 6.48. The number of hydrogen-bond donors (Lipinski definition) is 8. The van der Waals surface area contributed by atoms with Crippen LogP contribution in [0.5, 0.6) is 0 Å². The first-order chi connectivity index (χ1) is 38.4. The number of urea groups is 2. The van der Waals surface area contributed by atoms with Crippen LogP contribution in [-0.4, -0.2) is 59.1 Å². The van der Waals surface area contributed by atoms with Gasteiger partial charge in [-0.3, -0.25) is 19.2 Å². The molecule has 2 atom stereocenters. The Morgan fingerprint density at radius 3 is 1.55 bits per heavy atom. The molecule has 0 heterocycles. The number of aliphatic carboxylic acids is 2. The van der Waals surface area contributed by atoms with Crippen molar-refractivity contribution in [2.45, 2.75) is 94.8 Å². The number of benzene rings is 6. The van der Waals surface area contributed by atoms with Gasteiger partial charge >= 0.3 is 30.2 Å². The highest BCUT2D eigenvalue weighted by atomic mass is 79.9. The fourth-order valence-electron chi connectivity index (χ4n) is 9.52. The van der Waals surface area contributed by atoms with Gasteiger partial charge in [-0.2, -0.15) is 13.2 Å². The maximum atomic E-state index is 13.9. The van der Waals surface area contributed by atoms with Crippen LogP contribution in [-0.2, 0) is 15.8 Å². The minimum absolute atomic E-state index is 0.0380. The topological polar surface area (TPSA) is 215 Å². The number of nitrogens with one attached hydrogen (secondary N) is 6. The van der Waals surface area contributed by atoms with Crippen molar-refractivity contribution in [2.75, 3.05) is 23.7 Å². The van der Waals surface area contributed by atoms with Crippen molar-refractivity contribution in [1.29, 1.82) is 0 Å². The van der Waals surface area contributed by atoms with E-state index in [-0.39, 0.29) is 49.1 Å². The number of halogens is 5. The van der Waals surface area contributed by atoms with E-state index in [1.54, 1.807) is 36.4 Å². The van der Waals surface area contributed by atoms with Crippen molar-refractivity contribution in [3.05, 3.63) is 206 Å². The Hall–Kier alpha value is -8.32. The lowest BCUT2D eigenvalue weighted by Gasteiger charge is -2.24. The zero-order chi connectivity index (χ0) is 57.2. The van der Waals surface area contributed by atoms with Gasteiger partial charge in [0.05, 0.1) is 30.5 Å². The normalized spacial score (nSPS) is 14.1. The molecule has 2 unspecified atom stereocenters. The van der Waals surface area contributed by atoms with E-state index in [4.69, 9.17) is 10.2 Å². The molecule has 0 bridgehead atoms. The summed E-state index contributed by atoms with van der Waals surface area (Å²) in [5.74, 6) is -3.51. The minimum Gasteiger partial charge on any atom is -0.481 e. The number of hydrogen-bond acceptors (Lipinski definition) is 6. The summed E-state index contributed by atoms with van der Waals surface area (Å²) in [4.78, 5) is 72.1. The SMILES string of the molecule is O=C(O)CCNC(=O)c1ccc(C(NC(=O)Nc2cc(F)cc(C(F)(F)F)c2)c2ccc(C3CCCCC3)cc2)cc1.O=C(O)CCNC(=O)c1ccc(C(NC(=O)Nc2cccc(Br)c2)c2ccc(C3=CCCCC3)cc2)cc1. The predicted molar refractivity (Wildman–Crippen MR) is 301 cm³/mol. The Bertz CT molecular complexity index is 3150. The third-order valence-electron chi connectivity index (χ3n) is 13.6. The van der Waals surface area contributed by atoms with Gasteiger partial charge in [0.25, 0.3) is 11.8 Å². The van der Waals surface area contributed by atoms with Crippen LogP contribution in [0.15, 0.2) is 150 Å². The summed E-state index contributed by atoms with van der Waals surface area (Å²) in [5, 5.41) is 33.6. The second-order valence-corrected chi connectivity index (χ2v) is 20.4. The molecule has 1 fully saturated rings. The van der Waals surface area contributed by atoms with Gasteiger partial charge < -0.3 is 42.1 Å². The lowest BCUT2D eigenvalue weighted by Crippen LogP contribution is -2.33. The van der Waals surface area contributed by atoms with E-state index in [2.05, 4.69) is 66.0 Å². The van der Waals surface area contributed by atoms with Crippen LogP contribution in [0.25, 0.3) is 5.57 Å². The summed E-state index contributed by atoms with van der Waals surface area (Å²) in [6.45, 7) is 0.0163. The molecule has 19 heteroatoms. The van der Waals surface area contributed by atoms with Crippen molar-refractivity contribution in [2.24, 2.45) is 0 Å². The minimum atomic E-state index is -4.79. The molecule has 14 nitrogen and oxygen atoms in total. The number of alkyl halides is 3. The highest BCUT2D eigenvalue weighted by Crippen LogP contribution is 2.35. The maximum Gasteiger partial charge on any atom is 0.416 e. The maximum absolute atomic E-state index is 13.9. The van der Waals surface area contributed by atoms with E-state index in [1.165, 1.54) is 60.9 Å². The molecular weight excluding hydrogens is 1100 g/mol. The van der Waals surface area contributed by atoms with Gasteiger partial charge in [-0.25, -0.2) is 14.0 Å². The van der Waals surface area contributed by atoms with Crippen LogP contribution < -0.4 is 31.9 Å². The van der Waals surface area contributed by atoms with Crippen LogP contribution >= 0.6 is 15.9 Å². The summed E-state index contributed by atoms with van der Waals surface area (Å²) in [6, 6.07) is 36.0. The molecule has 2 aliphatic carbocycles. The van der Waals surface area contributed by atoms with Crippen LogP contribution in [0.3, 0.4) is 0 Å². The Morgan fingerprint density at radius 1 is 0.575 bits per heavy atom. The Morgan fingerprint density at radius 2 is 1.07 bits per heavy atom. The largest absolute Gasteiger partial charge is 0.481 e. The van der Waals surface area contributed by atoms with Crippen molar-refractivity contribution < 1.29 is 56.5 Å². The molecule has 0 saturated heterocycles. The van der Waals surface area contributed by atoms with Gasteiger partial charge in [-0.1, -0.05) is 120 Å². The molecule has 0 aliphatic heterocycles. The second-order valence-electron chi connectivity index (χ2n) is 19.4. The number of carboxylic acids is 2. The molecule has 8 rings (SSSR count). The molecule has 80 heavy (non-hydrogen) atoms. The molecule has 0 spiro atoms. The molecule has 6 aromatic carbocycles. The Kier molecular flexibility index (Phi) is 21.2. The first kappa shape index (κ1) is 59.3. The quantitative estimate of drug-likeness (QED) is 0.0387. The van der Waals surface area contributed by atoms with E-state index in [1.807, 2.05) is 60.7 Å². The van der Waals surface area contributed by atoms with Crippen molar-refractivity contribution >= 4 is 68.7 Å². The average Bonchev–Trinajstić information content (AvgIpc) is 3.44. The van der Waals surface area contributed by atoms with Crippen LogP contribution in [0.1, 0.15) is 148 Å². The first-order valence-electron chi connectivity index (χ1n) is 26.3. The number of anilines is 2. The monoisotopic (exact) mass is 1160 g/mol. The molecule has 6 aromatic rings. The molecule has 1 saturated carbocycles. The number of amides is 6. The predicted octanol–water partition coefficient (Wildman–Crippen LogP) is 13.5. The van der Waals surface area contributed by atoms with Gasteiger partial charge in [0.1, 0.15) is 5.82 Å². The molecule has 0 radical (unpaired) electrons. The molecule has 0 aromatic heterocycles. The summed E-state index contributed by atoms with van der Waals surface area (Å²) < 4.78 is 54.2. The fraction of sp³-hybridized carbons (Fsp3) is 0.279. The molecule has 8 N–H and O–H groups in total. The van der Waals surface area contributed by atoms with Crippen LogP contribution in [0.4, 0.5) is 38.5 Å². The number of allylic oxidation sites excluding steroid dienone is 2. The Labute approximate surface area is 469 Å². The van der Waals surface area contributed by atoms with Gasteiger partial charge in [0.15, 0.2) is 0 Å². The van der Waals surface area contributed by atoms with E-state index in [0.29, 0.717) is 40.4 Å². The van der Waals surface area contributed by atoms with Gasteiger partial charge in [-0.15, -0.1) is 0 Å². The van der Waals surface area contributed by atoms with Crippen molar-refractivity contribution in [1.82, 2.24) is 21.3 Å². The number of carbonyl (C=O) groups excluding carboxylic acids is 4. The summed E-state index contributed by atoms with van der Waals surface area (Å²) in [7, 11) is 0. The number of carbonyl (C=O) groups is 6. The lowest BCUT2D eigenvalue weighted by molar-refractivity contribution is -0.138. The molecule has 2 aliphatic rings. The van der Waals surface area contributed by atoms with E-state index in [9.17, 15) is 46.3 Å².